The first-order chi connectivity index (χ1) is 15.4. The van der Waals surface area contributed by atoms with Crippen LogP contribution >= 0.6 is 0 Å². The van der Waals surface area contributed by atoms with Crippen LogP contribution < -0.4 is 10.6 Å². The molecule has 0 unspecified atom stereocenters. The van der Waals surface area contributed by atoms with Gasteiger partial charge < -0.3 is 10.6 Å². The number of rotatable bonds is 6. The monoisotopic (exact) mass is 431 g/mol. The average Bonchev–Trinajstić information content (AvgIpc) is 2.82. The maximum atomic E-state index is 13.2. The second-order valence-corrected chi connectivity index (χ2v) is 7.78. The number of hydrogen-bond donors (Lipinski definition) is 2. The van der Waals surface area contributed by atoms with Crippen LogP contribution in [0.4, 0.5) is 0 Å². The normalized spacial score (nSPS) is 16.9. The van der Waals surface area contributed by atoms with E-state index in [4.69, 9.17) is 0 Å². The van der Waals surface area contributed by atoms with Crippen LogP contribution in [0.5, 0.6) is 0 Å². The van der Waals surface area contributed by atoms with Gasteiger partial charge in [-0.1, -0.05) is 31.2 Å². The van der Waals surface area contributed by atoms with Gasteiger partial charge in [-0.05, 0) is 60.5 Å². The number of nitrogens with one attached hydrogen (secondary N) is 2. The summed E-state index contributed by atoms with van der Waals surface area (Å²) in [5.41, 5.74) is 4.38. The van der Waals surface area contributed by atoms with E-state index in [1.54, 1.807) is 38.4 Å². The van der Waals surface area contributed by atoms with E-state index in [0.29, 0.717) is 24.2 Å². The summed E-state index contributed by atoms with van der Waals surface area (Å²) in [5, 5.41) is 5.21. The Kier molecular flexibility index (Phi) is 7.73. The molecule has 6 nitrogen and oxygen atoms in total. The number of likely N-dealkylation sites (tertiary alicyclic amines) is 1. The van der Waals surface area contributed by atoms with Gasteiger partial charge in [-0.15, -0.1) is 0 Å². The van der Waals surface area contributed by atoms with Crippen molar-refractivity contribution in [3.8, 4) is 0 Å². The summed E-state index contributed by atoms with van der Waals surface area (Å²) < 4.78 is 0. The predicted octanol–water partition coefficient (Wildman–Crippen LogP) is 3.17. The molecule has 1 saturated heterocycles. The molecule has 6 heteroatoms. The summed E-state index contributed by atoms with van der Waals surface area (Å²) >= 11 is 0. The fourth-order valence-electron chi connectivity index (χ4n) is 3.74. The number of nitrogens with zero attached hydrogens (tertiary/aromatic N) is 1. The Bertz CT molecular complexity index is 969. The van der Waals surface area contributed by atoms with Gasteiger partial charge in [-0.2, -0.15) is 0 Å². The van der Waals surface area contributed by atoms with Crippen LogP contribution in [-0.4, -0.2) is 56.2 Å². The Morgan fingerprint density at radius 1 is 0.812 bits per heavy atom. The number of carbonyl (C=O) groups is 3. The smallest absolute Gasteiger partial charge is 0.251 e. The quantitative estimate of drug-likeness (QED) is 0.689. The zero-order valence-electron chi connectivity index (χ0n) is 18.8. The third kappa shape index (κ3) is 5.59. The Morgan fingerprint density at radius 3 is 1.56 bits per heavy atom. The Hall–Kier alpha value is -3.51. The maximum absolute atomic E-state index is 13.2. The summed E-state index contributed by atoms with van der Waals surface area (Å²) in [4.78, 5) is 39.0. The minimum Gasteiger partial charge on any atom is -0.355 e. The van der Waals surface area contributed by atoms with Gasteiger partial charge in [0.25, 0.3) is 11.8 Å². The molecule has 0 atom stereocenters. The van der Waals surface area contributed by atoms with E-state index in [9.17, 15) is 14.4 Å². The van der Waals surface area contributed by atoms with Crippen LogP contribution in [0.15, 0.2) is 59.7 Å². The van der Waals surface area contributed by atoms with Crippen LogP contribution in [-0.2, 0) is 4.79 Å². The van der Waals surface area contributed by atoms with Gasteiger partial charge in [0.15, 0.2) is 5.78 Å². The molecule has 0 aromatic heterocycles. The summed E-state index contributed by atoms with van der Waals surface area (Å²) in [6.07, 6.45) is 4.80. The molecule has 0 saturated carbocycles. The first-order valence-corrected chi connectivity index (χ1v) is 10.8. The zero-order chi connectivity index (χ0) is 23.1. The van der Waals surface area contributed by atoms with Crippen molar-refractivity contribution in [1.82, 2.24) is 15.5 Å². The standard InChI is InChI=1S/C26H29N3O3/c1-4-13-29-16-22(14-18-5-9-20(10-6-18)25(31)27-2)24(30)23(17-29)15-19-7-11-21(12-8-19)26(32)28-3/h5-12,14-15H,4,13,16-17H2,1-3H3,(H,27,31)(H,28,32)/b22-14+,23-15+. The molecule has 1 aliphatic heterocycles. The van der Waals surface area contributed by atoms with Crippen molar-refractivity contribution in [3.63, 3.8) is 0 Å². The van der Waals surface area contributed by atoms with E-state index < -0.39 is 0 Å². The second kappa shape index (κ2) is 10.7. The molecule has 3 rings (SSSR count). The van der Waals surface area contributed by atoms with E-state index in [1.807, 2.05) is 36.4 Å². The summed E-state index contributed by atoms with van der Waals surface area (Å²) in [5.74, 6) is -0.248. The van der Waals surface area contributed by atoms with Crippen molar-refractivity contribution >= 4 is 29.7 Å². The van der Waals surface area contributed by atoms with E-state index in [-0.39, 0.29) is 17.6 Å². The topological polar surface area (TPSA) is 78.5 Å². The molecule has 0 aliphatic carbocycles. The molecule has 32 heavy (non-hydrogen) atoms. The van der Waals surface area contributed by atoms with E-state index in [1.165, 1.54) is 0 Å². The third-order valence-electron chi connectivity index (χ3n) is 5.39. The van der Waals surface area contributed by atoms with Crippen LogP contribution in [0, 0.1) is 0 Å². The second-order valence-electron chi connectivity index (χ2n) is 7.78. The Labute approximate surface area is 189 Å². The van der Waals surface area contributed by atoms with Crippen LogP contribution in [0.2, 0.25) is 0 Å². The molecule has 0 spiro atoms. The molecule has 1 aliphatic rings. The first-order valence-electron chi connectivity index (χ1n) is 10.8. The minimum atomic E-state index is -0.139. The van der Waals surface area contributed by atoms with Crippen molar-refractivity contribution in [1.29, 1.82) is 0 Å². The van der Waals surface area contributed by atoms with Gasteiger partial charge >= 0.3 is 0 Å². The fraction of sp³-hybridized carbons (Fsp3) is 0.269. The van der Waals surface area contributed by atoms with Crippen molar-refractivity contribution in [2.45, 2.75) is 13.3 Å². The highest BCUT2D eigenvalue weighted by molar-refractivity contribution is 6.14. The van der Waals surface area contributed by atoms with E-state index in [2.05, 4.69) is 22.5 Å². The van der Waals surface area contributed by atoms with Gasteiger partial charge in [0, 0.05) is 49.5 Å². The highest BCUT2D eigenvalue weighted by Gasteiger charge is 2.25. The number of ketones is 1. The number of carbonyl (C=O) groups excluding carboxylic acids is 3. The van der Waals surface area contributed by atoms with Crippen molar-refractivity contribution in [3.05, 3.63) is 81.9 Å². The minimum absolute atomic E-state index is 0.0307. The van der Waals surface area contributed by atoms with Gasteiger partial charge in [-0.25, -0.2) is 0 Å². The lowest BCUT2D eigenvalue weighted by atomic mass is 9.93. The molecular formula is C26H29N3O3. The number of Topliss-reactive ketones (excluding diaryl/α,β-unsaturated/α-hetero) is 1. The number of hydrogen-bond acceptors (Lipinski definition) is 4. The molecule has 1 fully saturated rings. The Balaban J connectivity index is 1.88. The lowest BCUT2D eigenvalue weighted by Gasteiger charge is -2.29. The number of benzene rings is 2. The van der Waals surface area contributed by atoms with Crippen molar-refractivity contribution < 1.29 is 14.4 Å². The SMILES string of the molecule is CCCN1C/C(=C\c2ccc(C(=O)NC)cc2)C(=O)/C(=C/c2ccc(C(=O)NC)cc2)C1. The largest absolute Gasteiger partial charge is 0.355 e. The molecule has 166 valence electrons. The molecule has 1 heterocycles. The molecule has 0 radical (unpaired) electrons. The van der Waals surface area contributed by atoms with Gasteiger partial charge in [-0.3, -0.25) is 19.3 Å². The highest BCUT2D eigenvalue weighted by Crippen LogP contribution is 2.23. The maximum Gasteiger partial charge on any atom is 0.251 e. The lowest BCUT2D eigenvalue weighted by molar-refractivity contribution is -0.113. The van der Waals surface area contributed by atoms with E-state index in [0.717, 1.165) is 35.2 Å². The molecule has 2 aromatic rings. The van der Waals surface area contributed by atoms with Gasteiger partial charge in [0.05, 0.1) is 0 Å². The van der Waals surface area contributed by atoms with Crippen LogP contribution in [0.3, 0.4) is 0 Å². The highest BCUT2D eigenvalue weighted by atomic mass is 16.2. The molecule has 2 amide bonds. The molecular weight excluding hydrogens is 402 g/mol. The third-order valence-corrected chi connectivity index (χ3v) is 5.39. The summed E-state index contributed by atoms with van der Waals surface area (Å²) in [6, 6.07) is 14.4. The fourth-order valence-corrected chi connectivity index (χ4v) is 3.74. The zero-order valence-corrected chi connectivity index (χ0v) is 18.8. The van der Waals surface area contributed by atoms with E-state index >= 15 is 0 Å². The number of piperidine rings is 1. The van der Waals surface area contributed by atoms with Gasteiger partial charge in [0.2, 0.25) is 0 Å². The molecule has 2 aromatic carbocycles. The summed E-state index contributed by atoms with van der Waals surface area (Å²) in [7, 11) is 3.20. The van der Waals surface area contributed by atoms with Gasteiger partial charge in [0.1, 0.15) is 0 Å². The summed E-state index contributed by atoms with van der Waals surface area (Å²) in [6.45, 7) is 4.21. The molecule has 2 N–H and O–H groups in total. The first kappa shape index (κ1) is 23.2. The van der Waals surface area contributed by atoms with Crippen molar-refractivity contribution in [2.75, 3.05) is 33.7 Å². The van der Waals surface area contributed by atoms with Crippen LogP contribution in [0.1, 0.15) is 45.2 Å². The number of amides is 2. The Morgan fingerprint density at radius 2 is 1.22 bits per heavy atom. The lowest BCUT2D eigenvalue weighted by Crippen LogP contribution is -2.38. The van der Waals surface area contributed by atoms with Crippen molar-refractivity contribution in [2.24, 2.45) is 0 Å². The molecule has 0 bridgehead atoms. The average molecular weight is 432 g/mol. The van der Waals surface area contributed by atoms with Crippen LogP contribution in [0.25, 0.3) is 12.2 Å². The predicted molar refractivity (Wildman–Crippen MR) is 127 cm³/mol.